The molecule has 0 radical (unpaired) electrons. The largest absolute Gasteiger partial charge is 0.346 e. The standard InChI is InChI=1S/C17H34N4O10P2/c1-10(22)18-14(5)28-32(26,29-15(6)19-11(2)23)9-33(27,30-16(7)20-12(3)24)31-17(8)21-13(4)25/h14-17H,9H2,1-8H3,(H,18,22)(H,19,23)(H,20,24)(H,21,25). The lowest BCUT2D eigenvalue weighted by atomic mass is 10.6. The third kappa shape index (κ3) is 14.8. The van der Waals surface area contributed by atoms with Crippen LogP contribution in [0.1, 0.15) is 55.4 Å². The maximum absolute atomic E-state index is 13.6. The average Bonchev–Trinajstić information content (AvgIpc) is 2.48. The zero-order valence-electron chi connectivity index (χ0n) is 20.0. The van der Waals surface area contributed by atoms with Crippen molar-refractivity contribution < 1.29 is 46.4 Å². The van der Waals surface area contributed by atoms with E-state index in [9.17, 15) is 28.3 Å². The fraction of sp³-hybridized carbons (Fsp3) is 0.765. The molecule has 0 aromatic heterocycles. The first-order chi connectivity index (χ1) is 14.9. The monoisotopic (exact) mass is 516 g/mol. The SMILES string of the molecule is CC(=O)NC(C)OP(=O)(CP(=O)(OC(C)NC(C)=O)OC(C)NC(C)=O)OC(C)NC(C)=O. The van der Waals surface area contributed by atoms with Crippen molar-refractivity contribution in [1.82, 2.24) is 21.3 Å². The molecule has 0 aliphatic carbocycles. The Labute approximate surface area is 193 Å². The molecule has 16 heteroatoms. The van der Waals surface area contributed by atoms with Crippen molar-refractivity contribution in [2.24, 2.45) is 0 Å². The summed E-state index contributed by atoms with van der Waals surface area (Å²) in [4.78, 5) is 45.3. The maximum atomic E-state index is 13.6. The van der Waals surface area contributed by atoms with Crippen LogP contribution < -0.4 is 21.3 Å². The van der Waals surface area contributed by atoms with Gasteiger partial charge in [-0.3, -0.25) is 46.4 Å². The molecule has 0 saturated carbocycles. The number of hydrogen-bond acceptors (Lipinski definition) is 10. The third-order valence-corrected chi connectivity index (χ3v) is 8.57. The molecule has 4 N–H and O–H groups in total. The molecule has 0 aliphatic heterocycles. The van der Waals surface area contributed by atoms with E-state index in [0.29, 0.717) is 0 Å². The molecule has 4 atom stereocenters. The normalized spacial score (nSPS) is 18.4. The molecule has 0 aliphatic rings. The van der Waals surface area contributed by atoms with Crippen LogP contribution in [0.3, 0.4) is 0 Å². The van der Waals surface area contributed by atoms with E-state index in [2.05, 4.69) is 21.3 Å². The number of rotatable bonds is 14. The molecule has 0 aromatic rings. The third-order valence-electron chi connectivity index (χ3n) is 3.25. The van der Waals surface area contributed by atoms with Gasteiger partial charge in [0.05, 0.1) is 0 Å². The predicted octanol–water partition coefficient (Wildman–Crippen LogP) is 1.32. The highest BCUT2D eigenvalue weighted by molar-refractivity contribution is 7.71. The molecule has 0 fully saturated rings. The molecule has 0 aromatic carbocycles. The summed E-state index contributed by atoms with van der Waals surface area (Å²) < 4.78 is 48.6. The van der Waals surface area contributed by atoms with Gasteiger partial charge in [-0.25, -0.2) is 0 Å². The molecule has 0 spiro atoms. The Hall–Kier alpha value is -1.82. The van der Waals surface area contributed by atoms with Crippen LogP contribution in [0, 0.1) is 0 Å². The summed E-state index contributed by atoms with van der Waals surface area (Å²) in [5.74, 6) is -2.98. The van der Waals surface area contributed by atoms with Crippen molar-refractivity contribution in [3.63, 3.8) is 0 Å². The minimum Gasteiger partial charge on any atom is -0.331 e. The number of nitrogens with one attached hydrogen (secondary N) is 4. The van der Waals surface area contributed by atoms with Gasteiger partial charge in [-0.1, -0.05) is 0 Å². The molecule has 4 amide bonds. The Morgan fingerprint density at radius 2 is 0.727 bits per heavy atom. The molecule has 192 valence electrons. The zero-order valence-corrected chi connectivity index (χ0v) is 21.8. The summed E-state index contributed by atoms with van der Waals surface area (Å²) in [6, 6.07) is 0. The van der Waals surface area contributed by atoms with Gasteiger partial charge in [-0.15, -0.1) is 0 Å². The highest BCUT2D eigenvalue weighted by Crippen LogP contribution is 2.65. The number of carbonyl (C=O) groups excluding carboxylic acids is 4. The summed E-state index contributed by atoms with van der Waals surface area (Å²) in [7, 11) is -8.83. The predicted molar refractivity (Wildman–Crippen MR) is 118 cm³/mol. The van der Waals surface area contributed by atoms with Gasteiger partial charge >= 0.3 is 15.2 Å². The zero-order chi connectivity index (χ0) is 26.0. The Morgan fingerprint density at radius 3 is 0.879 bits per heavy atom. The van der Waals surface area contributed by atoms with E-state index in [1.807, 2.05) is 0 Å². The van der Waals surface area contributed by atoms with Gasteiger partial charge in [0.25, 0.3) is 0 Å². The molecular weight excluding hydrogens is 482 g/mol. The van der Waals surface area contributed by atoms with Gasteiger partial charge in [0, 0.05) is 27.7 Å². The smallest absolute Gasteiger partial charge is 0.331 e. The van der Waals surface area contributed by atoms with Crippen LogP contribution in [-0.2, 0) is 46.4 Å². The Balaban J connectivity index is 6.00. The van der Waals surface area contributed by atoms with Crippen molar-refractivity contribution in [3.8, 4) is 0 Å². The minimum atomic E-state index is -4.41. The number of hydrogen-bond donors (Lipinski definition) is 4. The van der Waals surface area contributed by atoms with Crippen LogP contribution in [0.25, 0.3) is 0 Å². The minimum absolute atomic E-state index is 0.502. The van der Waals surface area contributed by atoms with E-state index >= 15 is 0 Å². The quantitative estimate of drug-likeness (QED) is 0.194. The van der Waals surface area contributed by atoms with Crippen LogP contribution >= 0.6 is 15.2 Å². The second-order valence-electron chi connectivity index (χ2n) is 7.16. The first kappa shape index (κ1) is 31.2. The first-order valence-corrected chi connectivity index (χ1v) is 13.4. The van der Waals surface area contributed by atoms with Crippen LogP contribution in [-0.4, -0.2) is 54.4 Å². The summed E-state index contributed by atoms with van der Waals surface area (Å²) in [5, 5.41) is 9.38. The van der Waals surface area contributed by atoms with Gasteiger partial charge in [-0.2, -0.15) is 0 Å². The highest BCUT2D eigenvalue weighted by atomic mass is 31.2. The van der Waals surface area contributed by atoms with Crippen LogP contribution in [0.4, 0.5) is 0 Å². The summed E-state index contributed by atoms with van der Waals surface area (Å²) in [6.07, 6.45) is -4.59. The molecule has 0 rings (SSSR count). The van der Waals surface area contributed by atoms with Gasteiger partial charge < -0.3 is 21.3 Å². The van der Waals surface area contributed by atoms with Crippen LogP contribution in [0.15, 0.2) is 0 Å². The summed E-state index contributed by atoms with van der Waals surface area (Å²) >= 11 is 0. The van der Waals surface area contributed by atoms with Crippen molar-refractivity contribution in [2.45, 2.75) is 80.3 Å². The Bertz CT molecular complexity index is 689. The Kier molecular flexibility index (Phi) is 13.0. The average molecular weight is 516 g/mol. The molecule has 4 unspecified atom stereocenters. The van der Waals surface area contributed by atoms with Crippen LogP contribution in [0.2, 0.25) is 0 Å². The lowest BCUT2D eigenvalue weighted by Crippen LogP contribution is -2.37. The molecule has 0 saturated heterocycles. The fourth-order valence-corrected chi connectivity index (χ4v) is 7.61. The lowest BCUT2D eigenvalue weighted by Gasteiger charge is -2.30. The second-order valence-corrected chi connectivity index (χ2v) is 11.6. The number of amides is 4. The lowest BCUT2D eigenvalue weighted by molar-refractivity contribution is -0.122. The molecule has 33 heavy (non-hydrogen) atoms. The van der Waals surface area contributed by atoms with E-state index in [1.165, 1.54) is 55.4 Å². The van der Waals surface area contributed by atoms with Gasteiger partial charge in [0.15, 0.2) is 5.90 Å². The molecule has 0 heterocycles. The van der Waals surface area contributed by atoms with Gasteiger partial charge in [-0.05, 0) is 27.7 Å². The first-order valence-electron chi connectivity index (χ1n) is 9.95. The highest BCUT2D eigenvalue weighted by Gasteiger charge is 2.43. The van der Waals surface area contributed by atoms with Crippen molar-refractivity contribution in [1.29, 1.82) is 0 Å². The van der Waals surface area contributed by atoms with Gasteiger partial charge in [0.1, 0.15) is 24.9 Å². The van der Waals surface area contributed by atoms with Crippen molar-refractivity contribution in [2.75, 3.05) is 5.90 Å². The molecule has 0 bridgehead atoms. The van der Waals surface area contributed by atoms with Gasteiger partial charge in [0.2, 0.25) is 23.6 Å². The van der Waals surface area contributed by atoms with E-state index in [4.69, 9.17) is 18.1 Å². The van der Waals surface area contributed by atoms with Crippen LogP contribution in [0.5, 0.6) is 0 Å². The van der Waals surface area contributed by atoms with E-state index in [1.54, 1.807) is 0 Å². The van der Waals surface area contributed by atoms with Crippen molar-refractivity contribution >= 4 is 38.8 Å². The summed E-state index contributed by atoms with van der Waals surface area (Å²) in [5.41, 5.74) is 0. The molecule has 14 nitrogen and oxygen atoms in total. The van der Waals surface area contributed by atoms with Crippen molar-refractivity contribution in [3.05, 3.63) is 0 Å². The van der Waals surface area contributed by atoms with E-state index < -0.39 is 69.6 Å². The number of carbonyl (C=O) groups is 4. The maximum Gasteiger partial charge on any atom is 0.346 e. The second kappa shape index (κ2) is 13.8. The summed E-state index contributed by atoms with van der Waals surface area (Å²) in [6.45, 7) is 10.2. The van der Waals surface area contributed by atoms with E-state index in [-0.39, 0.29) is 0 Å². The topological polar surface area (TPSA) is 187 Å². The fourth-order valence-electron chi connectivity index (χ4n) is 2.61. The molecular formula is C17H34N4O10P2. The van der Waals surface area contributed by atoms with E-state index in [0.717, 1.165) is 0 Å². The Morgan fingerprint density at radius 1 is 0.545 bits per heavy atom.